The highest BCUT2D eigenvalue weighted by Gasteiger charge is 2.26. The Morgan fingerprint density at radius 3 is 2.59 bits per heavy atom. The first-order chi connectivity index (χ1) is 7.86. The van der Waals surface area contributed by atoms with Crippen LogP contribution in [0.15, 0.2) is 22.6 Å². The maximum Gasteiger partial charge on any atom is 0.144 e. The van der Waals surface area contributed by atoms with Gasteiger partial charge in [-0.05, 0) is 32.9 Å². The molecule has 0 unspecified atom stereocenters. The summed E-state index contributed by atoms with van der Waals surface area (Å²) >= 11 is 4.73. The maximum atomic E-state index is 11.8. The van der Waals surface area contributed by atoms with Crippen molar-refractivity contribution >= 4 is 29.2 Å². The predicted octanol–water partition coefficient (Wildman–Crippen LogP) is 3.23. The Kier molecular flexibility index (Phi) is 4.86. The molecule has 0 spiro atoms. The molecule has 5 heteroatoms. The minimum Gasteiger partial charge on any atom is -0.591 e. The first-order valence-electron chi connectivity index (χ1n) is 5.15. The van der Waals surface area contributed by atoms with Crippen molar-refractivity contribution in [2.75, 3.05) is 7.11 Å². The minimum absolute atomic E-state index is 0.384. The van der Waals surface area contributed by atoms with E-state index in [1.165, 1.54) is 6.21 Å². The Hall–Kier alpha value is -0.710. The summed E-state index contributed by atoms with van der Waals surface area (Å²) in [5.41, 5.74) is 0.647. The van der Waals surface area contributed by atoms with E-state index in [1.54, 1.807) is 25.3 Å². The zero-order valence-electron chi connectivity index (χ0n) is 10.4. The molecular formula is C12H16ClNO2S. The highest BCUT2D eigenvalue weighted by molar-refractivity contribution is 7.91. The Balaban J connectivity index is 2.99. The fourth-order valence-electron chi connectivity index (χ4n) is 1.08. The second-order valence-corrected chi connectivity index (χ2v) is 6.79. The molecule has 0 bridgehead atoms. The molecule has 0 aliphatic heterocycles. The number of halogens is 1. The first-order valence-corrected chi connectivity index (χ1v) is 6.63. The van der Waals surface area contributed by atoms with Crippen molar-refractivity contribution in [2.24, 2.45) is 4.40 Å². The molecule has 94 valence electrons. The van der Waals surface area contributed by atoms with Gasteiger partial charge < -0.3 is 9.29 Å². The molecule has 0 saturated heterocycles. The molecule has 1 rings (SSSR count). The molecule has 0 N–H and O–H groups in total. The van der Waals surface area contributed by atoms with Crippen LogP contribution < -0.4 is 4.74 Å². The molecular weight excluding hydrogens is 258 g/mol. The third-order valence-corrected chi connectivity index (χ3v) is 3.71. The van der Waals surface area contributed by atoms with E-state index in [4.69, 9.17) is 16.3 Å². The van der Waals surface area contributed by atoms with Gasteiger partial charge in [-0.15, -0.1) is 0 Å². The van der Waals surface area contributed by atoms with E-state index in [0.29, 0.717) is 16.3 Å². The quantitative estimate of drug-likeness (QED) is 0.627. The van der Waals surface area contributed by atoms with Crippen molar-refractivity contribution in [1.82, 2.24) is 0 Å². The fourth-order valence-corrected chi connectivity index (χ4v) is 1.81. The number of hydrogen-bond acceptors (Lipinski definition) is 3. The van der Waals surface area contributed by atoms with Crippen LogP contribution in [0.25, 0.3) is 0 Å². The Morgan fingerprint density at radius 2 is 2.06 bits per heavy atom. The number of methoxy groups -OCH3 is 1. The second kappa shape index (κ2) is 5.76. The van der Waals surface area contributed by atoms with E-state index >= 15 is 0 Å². The Morgan fingerprint density at radius 1 is 1.41 bits per heavy atom. The van der Waals surface area contributed by atoms with E-state index in [9.17, 15) is 4.55 Å². The van der Waals surface area contributed by atoms with Crippen molar-refractivity contribution in [3.05, 3.63) is 28.8 Å². The molecule has 0 heterocycles. The third kappa shape index (κ3) is 3.91. The number of ether oxygens (including phenoxy) is 1. The number of nitrogens with zero attached hydrogens (tertiary/aromatic N) is 1. The van der Waals surface area contributed by atoms with Gasteiger partial charge in [0.25, 0.3) is 0 Å². The van der Waals surface area contributed by atoms with E-state index in [1.807, 2.05) is 20.8 Å². The summed E-state index contributed by atoms with van der Waals surface area (Å²) in [4.78, 5) is 0. The van der Waals surface area contributed by atoms with Gasteiger partial charge in [-0.2, -0.15) is 0 Å². The van der Waals surface area contributed by atoms with E-state index in [-0.39, 0.29) is 4.75 Å². The summed E-state index contributed by atoms with van der Waals surface area (Å²) in [6.07, 6.45) is 1.50. The Labute approximate surface area is 110 Å². The van der Waals surface area contributed by atoms with Crippen LogP contribution in [0.2, 0.25) is 5.02 Å². The lowest BCUT2D eigenvalue weighted by Gasteiger charge is -2.17. The van der Waals surface area contributed by atoms with Gasteiger partial charge in [-0.1, -0.05) is 22.1 Å². The van der Waals surface area contributed by atoms with Crippen LogP contribution >= 0.6 is 11.6 Å². The molecule has 0 fully saturated rings. The van der Waals surface area contributed by atoms with Crippen LogP contribution in [0.3, 0.4) is 0 Å². The largest absolute Gasteiger partial charge is 0.591 e. The maximum absolute atomic E-state index is 11.8. The molecule has 1 atom stereocenters. The van der Waals surface area contributed by atoms with Crippen LogP contribution in [0.4, 0.5) is 0 Å². The highest BCUT2D eigenvalue weighted by Crippen LogP contribution is 2.25. The third-order valence-electron chi connectivity index (χ3n) is 2.03. The van der Waals surface area contributed by atoms with Gasteiger partial charge in [-0.3, -0.25) is 0 Å². The number of hydrogen-bond donors (Lipinski definition) is 0. The zero-order chi connectivity index (χ0) is 13.1. The lowest BCUT2D eigenvalue weighted by atomic mass is 10.2. The molecule has 0 aromatic heterocycles. The molecule has 0 amide bonds. The molecule has 0 aliphatic rings. The molecule has 0 saturated carbocycles. The van der Waals surface area contributed by atoms with E-state index in [0.717, 1.165) is 0 Å². The average Bonchev–Trinajstić information content (AvgIpc) is 2.25. The molecule has 1 aromatic carbocycles. The molecule has 1 aromatic rings. The lowest BCUT2D eigenvalue weighted by Crippen LogP contribution is -2.25. The van der Waals surface area contributed by atoms with Gasteiger partial charge in [0.2, 0.25) is 0 Å². The number of rotatable bonds is 3. The van der Waals surface area contributed by atoms with Gasteiger partial charge in [-0.25, -0.2) is 0 Å². The van der Waals surface area contributed by atoms with E-state index in [2.05, 4.69) is 4.40 Å². The molecule has 0 aliphatic carbocycles. The van der Waals surface area contributed by atoms with Crippen LogP contribution in [-0.2, 0) is 11.4 Å². The summed E-state index contributed by atoms with van der Waals surface area (Å²) in [7, 11) is 1.56. The van der Waals surface area contributed by atoms with Crippen LogP contribution in [0.1, 0.15) is 26.3 Å². The summed E-state index contributed by atoms with van der Waals surface area (Å²) in [6, 6.07) is 5.32. The SMILES string of the molecule is COc1cccc(Cl)c1/C=N\[S@@+]([O-])C(C)(C)C. The van der Waals surface area contributed by atoms with Crippen molar-refractivity contribution in [3.8, 4) is 5.75 Å². The first kappa shape index (κ1) is 14.4. The molecule has 17 heavy (non-hydrogen) atoms. The van der Waals surface area contributed by atoms with Gasteiger partial charge >= 0.3 is 0 Å². The zero-order valence-corrected chi connectivity index (χ0v) is 11.9. The summed E-state index contributed by atoms with van der Waals surface area (Å²) in [6.45, 7) is 5.60. The average molecular weight is 274 g/mol. The van der Waals surface area contributed by atoms with Crippen LogP contribution in [-0.4, -0.2) is 22.6 Å². The molecule has 3 nitrogen and oxygen atoms in total. The van der Waals surface area contributed by atoms with Crippen LogP contribution in [0.5, 0.6) is 5.75 Å². The van der Waals surface area contributed by atoms with Gasteiger partial charge in [0.1, 0.15) is 21.9 Å². The second-order valence-electron chi connectivity index (χ2n) is 4.45. The fraction of sp³-hybridized carbons (Fsp3) is 0.417. The Bertz CT molecular complexity index is 415. The number of benzene rings is 1. The molecule has 0 radical (unpaired) electrons. The van der Waals surface area contributed by atoms with Crippen molar-refractivity contribution < 1.29 is 9.29 Å². The smallest absolute Gasteiger partial charge is 0.144 e. The van der Waals surface area contributed by atoms with Crippen molar-refractivity contribution in [1.29, 1.82) is 0 Å². The lowest BCUT2D eigenvalue weighted by molar-refractivity contribution is 0.414. The highest BCUT2D eigenvalue weighted by atomic mass is 35.5. The summed E-state index contributed by atoms with van der Waals surface area (Å²) < 4.78 is 20.6. The monoisotopic (exact) mass is 273 g/mol. The van der Waals surface area contributed by atoms with Gasteiger partial charge in [0.05, 0.1) is 23.9 Å². The topological polar surface area (TPSA) is 44.6 Å². The van der Waals surface area contributed by atoms with E-state index < -0.39 is 11.4 Å². The van der Waals surface area contributed by atoms with Crippen molar-refractivity contribution in [3.63, 3.8) is 0 Å². The van der Waals surface area contributed by atoms with Gasteiger partial charge in [0, 0.05) is 0 Å². The standard InChI is InChI=1S/C12H16ClNO2S/c1-12(2,3)17(15)14-8-9-10(13)6-5-7-11(9)16-4/h5-8H,1-4H3/b14-8-/t17-/m0/s1. The minimum atomic E-state index is -1.30. The summed E-state index contributed by atoms with van der Waals surface area (Å²) in [5, 5.41) is 0.527. The summed E-state index contributed by atoms with van der Waals surface area (Å²) in [5.74, 6) is 0.618. The van der Waals surface area contributed by atoms with Crippen molar-refractivity contribution in [2.45, 2.75) is 25.5 Å². The van der Waals surface area contributed by atoms with Gasteiger partial charge in [0.15, 0.2) is 0 Å². The van der Waals surface area contributed by atoms with Crippen LogP contribution in [0, 0.1) is 0 Å². The normalized spacial score (nSPS) is 14.0. The predicted molar refractivity (Wildman–Crippen MR) is 73.5 cm³/mol.